The Morgan fingerprint density at radius 3 is 1.28 bits per heavy atom. The Kier molecular flexibility index (Phi) is 14.1. The predicted molar refractivity (Wildman–Crippen MR) is 198 cm³/mol. The van der Waals surface area contributed by atoms with Crippen LogP contribution in [0.3, 0.4) is 0 Å². The number of carbonyl (C=O) groups excluding carboxylic acids is 4. The summed E-state index contributed by atoms with van der Waals surface area (Å²) in [5.74, 6) is -1.19. The fraction of sp³-hybridized carbons (Fsp3) is 0.243. The van der Waals surface area contributed by atoms with Crippen molar-refractivity contribution in [2.24, 2.45) is 0 Å². The summed E-state index contributed by atoms with van der Waals surface area (Å²) >= 11 is 0. The summed E-state index contributed by atoms with van der Waals surface area (Å²) in [5.41, 5.74) is 1.74. The molecule has 280 valence electrons. The van der Waals surface area contributed by atoms with E-state index in [0.717, 1.165) is 19.3 Å². The zero-order chi connectivity index (χ0) is 38.4. The number of amides is 4. The van der Waals surface area contributed by atoms with E-state index in [1.807, 2.05) is 9.44 Å². The van der Waals surface area contributed by atoms with Gasteiger partial charge >= 0.3 is 24.0 Å². The molecule has 53 heavy (non-hydrogen) atoms. The molecule has 0 spiro atoms. The second-order valence-corrected chi connectivity index (χ2v) is 15.2. The summed E-state index contributed by atoms with van der Waals surface area (Å²) in [5, 5.41) is 4.83. The summed E-state index contributed by atoms with van der Waals surface area (Å²) in [6.45, 7) is 3.57. The molecule has 0 bridgehead atoms. The monoisotopic (exact) mass is 764 g/mol. The van der Waals surface area contributed by atoms with Crippen LogP contribution in [0.5, 0.6) is 0 Å². The first-order chi connectivity index (χ1) is 25.2. The third-order valence-electron chi connectivity index (χ3n) is 7.69. The largest absolute Gasteiger partial charge is 0.462 e. The van der Waals surface area contributed by atoms with Crippen molar-refractivity contribution in [3.63, 3.8) is 0 Å². The maximum Gasteiger partial charge on any atom is 0.338 e. The number of benzene rings is 4. The van der Waals surface area contributed by atoms with Crippen molar-refractivity contribution >= 4 is 55.4 Å². The summed E-state index contributed by atoms with van der Waals surface area (Å²) < 4.78 is 64.9. The maximum absolute atomic E-state index is 12.6. The van der Waals surface area contributed by atoms with Gasteiger partial charge in [-0.3, -0.25) is 0 Å². The number of aryl methyl sites for hydroxylation is 2. The Bertz CT molecular complexity index is 2020. The second-order valence-electron chi connectivity index (χ2n) is 11.9. The van der Waals surface area contributed by atoms with Crippen molar-refractivity contribution in [1.82, 2.24) is 9.44 Å². The number of nitrogens with one attached hydrogen (secondary N) is 4. The van der Waals surface area contributed by atoms with Crippen molar-refractivity contribution in [1.29, 1.82) is 0 Å². The molecule has 0 saturated carbocycles. The lowest BCUT2D eigenvalue weighted by molar-refractivity contribution is 0.0496. The van der Waals surface area contributed by atoms with Crippen LogP contribution in [-0.2, 0) is 29.5 Å². The number of hydrogen-bond donors (Lipinski definition) is 4. The van der Waals surface area contributed by atoms with Crippen molar-refractivity contribution in [3.05, 3.63) is 119 Å². The highest BCUT2D eigenvalue weighted by molar-refractivity contribution is 7.90. The first-order valence-electron chi connectivity index (χ1n) is 16.6. The highest BCUT2D eigenvalue weighted by Gasteiger charge is 2.21. The lowest BCUT2D eigenvalue weighted by atomic mass is 10.1. The van der Waals surface area contributed by atoms with E-state index in [0.29, 0.717) is 24.0 Å². The molecular weight excluding hydrogens is 725 g/mol. The van der Waals surface area contributed by atoms with E-state index in [1.54, 1.807) is 50.2 Å². The number of unbranched alkanes of at least 4 members (excludes halogenated alkanes) is 4. The van der Waals surface area contributed by atoms with Gasteiger partial charge in [0.1, 0.15) is 0 Å². The molecule has 4 amide bonds. The van der Waals surface area contributed by atoms with Gasteiger partial charge in [0.2, 0.25) is 0 Å². The highest BCUT2D eigenvalue weighted by atomic mass is 32.2. The minimum Gasteiger partial charge on any atom is -0.462 e. The van der Waals surface area contributed by atoms with Crippen LogP contribution in [0.4, 0.5) is 21.0 Å². The number of anilines is 2. The standard InChI is InChI=1S/C37H40N4O10S2/c1-26-14-6-8-20-32(26)52(46,47)40-36(44)38-30-18-12-16-28(24-30)34(42)50-22-10-4-3-5-11-23-51-35(43)29-17-13-19-31(25-29)39-37(45)41-53(48,49)33-21-9-7-15-27(33)2/h6-9,12-21,24-25H,3-5,10-11,22-23H2,1-2H3,(H2,38,40,44)(H2,39,41,45). The first-order valence-corrected chi connectivity index (χ1v) is 19.5. The summed E-state index contributed by atoms with van der Waals surface area (Å²) in [4.78, 5) is 49.8. The SMILES string of the molecule is Cc1ccccc1S(=O)(=O)NC(=O)Nc1cccc(C(=O)OCCCCCCCOC(=O)c2cccc(NC(=O)NS(=O)(=O)c3ccccc3C)c2)c1. The van der Waals surface area contributed by atoms with E-state index in [2.05, 4.69) is 10.6 Å². The minimum atomic E-state index is -4.10. The van der Waals surface area contributed by atoms with Gasteiger partial charge in [-0.25, -0.2) is 45.5 Å². The van der Waals surface area contributed by atoms with Crippen molar-refractivity contribution in [2.75, 3.05) is 23.8 Å². The van der Waals surface area contributed by atoms with Crippen LogP contribution in [0.25, 0.3) is 0 Å². The van der Waals surface area contributed by atoms with Crippen LogP contribution in [0.15, 0.2) is 107 Å². The Balaban J connectivity index is 1.10. The van der Waals surface area contributed by atoms with Gasteiger partial charge in [-0.05, 0) is 86.3 Å². The van der Waals surface area contributed by atoms with E-state index in [9.17, 15) is 36.0 Å². The Morgan fingerprint density at radius 2 is 0.887 bits per heavy atom. The van der Waals surface area contributed by atoms with Crippen LogP contribution in [0, 0.1) is 13.8 Å². The van der Waals surface area contributed by atoms with Crippen molar-refractivity contribution in [3.8, 4) is 0 Å². The molecule has 0 fully saturated rings. The first kappa shape index (κ1) is 40.0. The maximum atomic E-state index is 12.6. The second kappa shape index (κ2) is 18.7. The number of carbonyl (C=O) groups is 4. The Hall–Kier alpha value is -5.74. The van der Waals surface area contributed by atoms with E-state index in [4.69, 9.17) is 9.47 Å². The molecule has 4 aromatic rings. The van der Waals surface area contributed by atoms with Gasteiger partial charge < -0.3 is 20.1 Å². The van der Waals surface area contributed by atoms with Gasteiger partial charge in [-0.15, -0.1) is 0 Å². The molecule has 0 aromatic heterocycles. The normalized spacial score (nSPS) is 11.2. The summed E-state index contributed by atoms with van der Waals surface area (Å²) in [6.07, 6.45) is 3.51. The smallest absolute Gasteiger partial charge is 0.338 e. The minimum absolute atomic E-state index is 0.0226. The Morgan fingerprint density at radius 1 is 0.509 bits per heavy atom. The van der Waals surface area contributed by atoms with Crippen LogP contribution in [0.2, 0.25) is 0 Å². The van der Waals surface area contributed by atoms with Gasteiger partial charge in [-0.1, -0.05) is 67.8 Å². The number of urea groups is 2. The molecule has 14 nitrogen and oxygen atoms in total. The van der Waals surface area contributed by atoms with Crippen LogP contribution in [0.1, 0.15) is 63.9 Å². The van der Waals surface area contributed by atoms with Gasteiger partial charge in [0.25, 0.3) is 20.0 Å². The quantitative estimate of drug-likeness (QED) is 0.0742. The van der Waals surface area contributed by atoms with Gasteiger partial charge in [0.05, 0.1) is 34.1 Å². The summed E-state index contributed by atoms with van der Waals surface area (Å²) in [6, 6.07) is 22.4. The number of ether oxygens (including phenoxy) is 2. The molecule has 16 heteroatoms. The molecule has 4 rings (SSSR count). The molecule has 0 radical (unpaired) electrons. The molecule has 0 saturated heterocycles. The van der Waals surface area contributed by atoms with Gasteiger partial charge in [0.15, 0.2) is 0 Å². The molecule has 0 aliphatic heterocycles. The Labute approximate surface area is 308 Å². The third-order valence-corrected chi connectivity index (χ3v) is 10.7. The number of rotatable bonds is 16. The average Bonchev–Trinajstić information content (AvgIpc) is 3.10. The number of hydrogen-bond acceptors (Lipinski definition) is 10. The highest BCUT2D eigenvalue weighted by Crippen LogP contribution is 2.18. The zero-order valence-corrected chi connectivity index (χ0v) is 30.7. The zero-order valence-electron chi connectivity index (χ0n) is 29.1. The molecule has 0 heterocycles. The topological polar surface area (TPSA) is 203 Å². The lowest BCUT2D eigenvalue weighted by Gasteiger charge is -2.11. The van der Waals surface area contributed by atoms with Gasteiger partial charge in [0, 0.05) is 11.4 Å². The van der Waals surface area contributed by atoms with Crippen molar-refractivity contribution < 1.29 is 45.5 Å². The van der Waals surface area contributed by atoms with E-state index >= 15 is 0 Å². The molecular formula is C37H40N4O10S2. The summed E-state index contributed by atoms with van der Waals surface area (Å²) in [7, 11) is -8.19. The fourth-order valence-electron chi connectivity index (χ4n) is 5.06. The van der Waals surface area contributed by atoms with Crippen LogP contribution < -0.4 is 20.1 Å². The van der Waals surface area contributed by atoms with Crippen molar-refractivity contribution in [2.45, 2.75) is 55.7 Å². The molecule has 0 aliphatic rings. The molecule has 4 aromatic carbocycles. The molecule has 0 atom stereocenters. The van der Waals surface area contributed by atoms with Crippen LogP contribution in [-0.4, -0.2) is 54.1 Å². The predicted octanol–water partition coefficient (Wildman–Crippen LogP) is 6.29. The van der Waals surface area contributed by atoms with Crippen LogP contribution >= 0.6 is 0 Å². The number of sulfonamides is 2. The molecule has 4 N–H and O–H groups in total. The third kappa shape index (κ3) is 12.2. The average molecular weight is 765 g/mol. The fourth-order valence-corrected chi connectivity index (χ4v) is 7.37. The molecule has 0 aliphatic carbocycles. The molecule has 0 unspecified atom stereocenters. The van der Waals surface area contributed by atoms with E-state index in [1.165, 1.54) is 60.7 Å². The number of esters is 2. The van der Waals surface area contributed by atoms with E-state index in [-0.39, 0.29) is 45.5 Å². The lowest BCUT2D eigenvalue weighted by Crippen LogP contribution is -2.34. The van der Waals surface area contributed by atoms with E-state index < -0.39 is 44.0 Å². The van der Waals surface area contributed by atoms with Gasteiger partial charge in [-0.2, -0.15) is 0 Å².